The molecule has 26 heavy (non-hydrogen) atoms. The van der Waals surface area contributed by atoms with E-state index in [-0.39, 0.29) is 11.1 Å². The van der Waals surface area contributed by atoms with E-state index in [9.17, 15) is 22.5 Å². The van der Waals surface area contributed by atoms with Gasteiger partial charge in [-0.2, -0.15) is 13.2 Å². The summed E-state index contributed by atoms with van der Waals surface area (Å²) in [5.41, 5.74) is -3.38. The molecular weight excluding hydrogens is 363 g/mol. The number of nitrogens with one attached hydrogen (secondary N) is 1. The van der Waals surface area contributed by atoms with Gasteiger partial charge < -0.3 is 5.11 Å². The fourth-order valence-electron chi connectivity index (χ4n) is 2.51. The van der Waals surface area contributed by atoms with Crippen molar-refractivity contribution in [1.82, 2.24) is 4.72 Å². The first-order valence-corrected chi connectivity index (χ1v) is 9.20. The molecule has 2 aromatic rings. The Bertz CT molecular complexity index is 745. The number of aliphatic hydroxyl groups is 1. The van der Waals surface area contributed by atoms with Crippen LogP contribution in [-0.2, 0) is 16.6 Å². The Morgan fingerprint density at radius 3 is 1.81 bits per heavy atom. The van der Waals surface area contributed by atoms with Crippen molar-refractivity contribution in [2.24, 2.45) is 0 Å². The van der Waals surface area contributed by atoms with Crippen LogP contribution in [0.4, 0.5) is 13.2 Å². The van der Waals surface area contributed by atoms with Crippen molar-refractivity contribution < 1.29 is 22.5 Å². The summed E-state index contributed by atoms with van der Waals surface area (Å²) in [7, 11) is -1.83. The third kappa shape index (κ3) is 4.16. The van der Waals surface area contributed by atoms with Crippen LogP contribution >= 0.6 is 0 Å². The van der Waals surface area contributed by atoms with Crippen molar-refractivity contribution in [3.8, 4) is 0 Å². The zero-order valence-corrected chi connectivity index (χ0v) is 15.6. The van der Waals surface area contributed by atoms with Gasteiger partial charge in [-0.25, -0.2) is 8.93 Å². The van der Waals surface area contributed by atoms with Crippen LogP contribution in [0.5, 0.6) is 0 Å². The van der Waals surface area contributed by atoms with Gasteiger partial charge in [-0.05, 0) is 31.9 Å². The zero-order chi connectivity index (χ0) is 19.6. The summed E-state index contributed by atoms with van der Waals surface area (Å²) in [4.78, 5) is 0. The first-order chi connectivity index (χ1) is 12.0. The normalized spacial score (nSPS) is 17.3. The third-order valence-electron chi connectivity index (χ3n) is 3.98. The molecule has 3 nitrogen and oxygen atoms in total. The minimum absolute atomic E-state index is 0.189. The van der Waals surface area contributed by atoms with Gasteiger partial charge in [-0.15, -0.1) is 0 Å². The highest BCUT2D eigenvalue weighted by atomic mass is 32.2. The second kappa shape index (κ2) is 7.50. The molecule has 0 radical (unpaired) electrons. The van der Waals surface area contributed by atoms with Gasteiger partial charge in [0.25, 0.3) is 0 Å². The molecule has 0 aliphatic heterocycles. The molecule has 2 aromatic carbocycles. The highest BCUT2D eigenvalue weighted by Gasteiger charge is 2.60. The van der Waals surface area contributed by atoms with Crippen molar-refractivity contribution in [3.63, 3.8) is 0 Å². The van der Waals surface area contributed by atoms with Gasteiger partial charge in [0.15, 0.2) is 0 Å². The van der Waals surface area contributed by atoms with Crippen LogP contribution in [0.15, 0.2) is 60.7 Å². The lowest BCUT2D eigenvalue weighted by Gasteiger charge is -2.39. The Labute approximate surface area is 153 Å². The summed E-state index contributed by atoms with van der Waals surface area (Å²) in [5.74, 6) is 0. The molecule has 0 aromatic heterocycles. The summed E-state index contributed by atoms with van der Waals surface area (Å²) in [6.45, 7) is 4.94. The summed E-state index contributed by atoms with van der Waals surface area (Å²) in [5, 5.41) is 10.9. The average molecular weight is 385 g/mol. The van der Waals surface area contributed by atoms with Gasteiger partial charge in [-0.1, -0.05) is 60.7 Å². The second-order valence-electron chi connectivity index (χ2n) is 6.97. The Balaban J connectivity index is 2.65. The lowest BCUT2D eigenvalue weighted by atomic mass is 9.82. The summed E-state index contributed by atoms with van der Waals surface area (Å²) in [6, 6.07) is 13.0. The molecule has 1 unspecified atom stereocenters. The number of hydrogen-bond donors (Lipinski definition) is 2. The number of rotatable bonds is 5. The number of hydrogen-bond acceptors (Lipinski definition) is 2. The Morgan fingerprint density at radius 2 is 1.38 bits per heavy atom. The highest BCUT2D eigenvalue weighted by molar-refractivity contribution is 7.84. The first-order valence-electron chi connectivity index (χ1n) is 8.05. The molecule has 2 rings (SSSR count). The molecule has 0 saturated heterocycles. The monoisotopic (exact) mass is 385 g/mol. The second-order valence-corrected chi connectivity index (χ2v) is 8.97. The van der Waals surface area contributed by atoms with Gasteiger partial charge in [0.1, 0.15) is 0 Å². The van der Waals surface area contributed by atoms with E-state index in [4.69, 9.17) is 0 Å². The molecule has 2 N–H and O–H groups in total. The molecule has 142 valence electrons. The standard InChI is InChI=1S/C19H22F3NO2S/c1-17(2,3)26(25)23-16(14-10-6-4-7-11-14)18(24,19(20,21)22)15-12-8-5-9-13-15/h4-13,16,23-24H,1-3H3/t16-,18+,26?/m0/s1. The number of halogens is 3. The van der Waals surface area contributed by atoms with E-state index in [1.165, 1.54) is 36.4 Å². The molecule has 0 spiro atoms. The van der Waals surface area contributed by atoms with Crippen LogP contribution in [0, 0.1) is 0 Å². The predicted octanol–water partition coefficient (Wildman–Crippen LogP) is 4.23. The average Bonchev–Trinajstić information content (AvgIpc) is 2.58. The quantitative estimate of drug-likeness (QED) is 0.809. The molecule has 0 saturated carbocycles. The van der Waals surface area contributed by atoms with Crippen molar-refractivity contribution >= 4 is 11.0 Å². The maximum atomic E-state index is 14.1. The summed E-state index contributed by atoms with van der Waals surface area (Å²) in [6.07, 6.45) is -5.00. The van der Waals surface area contributed by atoms with Crippen LogP contribution in [0.3, 0.4) is 0 Å². The van der Waals surface area contributed by atoms with Crippen LogP contribution in [0.2, 0.25) is 0 Å². The van der Waals surface area contributed by atoms with Gasteiger partial charge in [0, 0.05) is 0 Å². The van der Waals surface area contributed by atoms with Crippen molar-refractivity contribution in [2.75, 3.05) is 0 Å². The molecule has 0 fully saturated rings. The fraction of sp³-hybridized carbons (Fsp3) is 0.368. The minimum atomic E-state index is -5.00. The van der Waals surface area contributed by atoms with E-state index < -0.39 is 33.6 Å². The van der Waals surface area contributed by atoms with Gasteiger partial charge in [0.2, 0.25) is 5.60 Å². The summed E-state index contributed by atoms with van der Waals surface area (Å²) >= 11 is 0. The predicted molar refractivity (Wildman–Crippen MR) is 96.6 cm³/mol. The van der Waals surface area contributed by atoms with Gasteiger partial charge in [0.05, 0.1) is 21.8 Å². The van der Waals surface area contributed by atoms with Gasteiger partial charge >= 0.3 is 6.18 Å². The summed E-state index contributed by atoms with van der Waals surface area (Å²) < 4.78 is 56.5. The Morgan fingerprint density at radius 1 is 0.923 bits per heavy atom. The lowest BCUT2D eigenvalue weighted by Crippen LogP contribution is -2.53. The number of alkyl halides is 3. The van der Waals surface area contributed by atoms with E-state index in [1.54, 1.807) is 45.0 Å². The Hall–Kier alpha value is -1.70. The third-order valence-corrected chi connectivity index (χ3v) is 5.54. The topological polar surface area (TPSA) is 49.3 Å². The maximum Gasteiger partial charge on any atom is 0.423 e. The zero-order valence-electron chi connectivity index (χ0n) is 14.7. The molecule has 7 heteroatoms. The van der Waals surface area contributed by atoms with E-state index >= 15 is 0 Å². The van der Waals surface area contributed by atoms with E-state index in [2.05, 4.69) is 4.72 Å². The largest absolute Gasteiger partial charge is 0.423 e. The van der Waals surface area contributed by atoms with Crippen molar-refractivity contribution in [3.05, 3.63) is 71.8 Å². The van der Waals surface area contributed by atoms with Gasteiger partial charge in [-0.3, -0.25) is 0 Å². The van der Waals surface area contributed by atoms with Crippen LogP contribution in [0.1, 0.15) is 37.9 Å². The first kappa shape index (κ1) is 20.6. The molecule has 0 aliphatic rings. The van der Waals surface area contributed by atoms with Crippen LogP contribution < -0.4 is 4.72 Å². The minimum Gasteiger partial charge on any atom is -0.375 e. The Kier molecular flexibility index (Phi) is 5.95. The molecule has 0 bridgehead atoms. The lowest BCUT2D eigenvalue weighted by molar-refractivity contribution is -0.277. The molecule has 3 atom stereocenters. The molecular formula is C19H22F3NO2S. The molecule has 0 heterocycles. The maximum absolute atomic E-state index is 14.1. The van der Waals surface area contributed by atoms with E-state index in [0.717, 1.165) is 0 Å². The fourth-order valence-corrected chi connectivity index (χ4v) is 3.38. The molecule has 0 amide bonds. The van der Waals surface area contributed by atoms with E-state index in [0.29, 0.717) is 0 Å². The molecule has 0 aliphatic carbocycles. The van der Waals surface area contributed by atoms with Crippen LogP contribution in [-0.4, -0.2) is 20.2 Å². The number of benzene rings is 2. The van der Waals surface area contributed by atoms with Crippen molar-refractivity contribution in [2.45, 2.75) is 43.3 Å². The smallest absolute Gasteiger partial charge is 0.375 e. The van der Waals surface area contributed by atoms with E-state index in [1.807, 2.05) is 0 Å². The SMILES string of the molecule is CC(C)(C)S(=O)N[C@@H](c1ccccc1)[C@](O)(c1ccccc1)C(F)(F)F. The van der Waals surface area contributed by atoms with Crippen LogP contribution in [0.25, 0.3) is 0 Å². The van der Waals surface area contributed by atoms with Crippen molar-refractivity contribution in [1.29, 1.82) is 0 Å². The highest BCUT2D eigenvalue weighted by Crippen LogP contribution is 2.47.